The number of ether oxygens (including phenoxy) is 2. The molecule has 0 saturated carbocycles. The lowest BCUT2D eigenvalue weighted by Gasteiger charge is -2.21. The van der Waals surface area contributed by atoms with Gasteiger partial charge in [0.15, 0.2) is 0 Å². The first kappa shape index (κ1) is 20.5. The molecule has 0 saturated heterocycles. The number of hydrogen-bond acceptors (Lipinski definition) is 5. The molecule has 0 spiro atoms. The van der Waals surface area contributed by atoms with Crippen LogP contribution in [0, 0.1) is 0 Å². The van der Waals surface area contributed by atoms with Crippen LogP contribution in [0.25, 0.3) is 0 Å². The van der Waals surface area contributed by atoms with Crippen molar-refractivity contribution in [3.63, 3.8) is 0 Å². The Bertz CT molecular complexity index is 581. The fourth-order valence-corrected chi connectivity index (χ4v) is 1.99. The van der Waals surface area contributed by atoms with Crippen molar-refractivity contribution in [2.75, 3.05) is 20.2 Å². The Labute approximate surface area is 148 Å². The summed E-state index contributed by atoms with van der Waals surface area (Å²) < 4.78 is 10.3. The molecule has 0 aliphatic carbocycles. The number of benzene rings is 1. The highest BCUT2D eigenvalue weighted by Gasteiger charge is 2.24. The fraction of sp³-hybridized carbons (Fsp3) is 0.500. The Morgan fingerprint density at radius 1 is 1.12 bits per heavy atom. The average molecular weight is 350 g/mol. The summed E-state index contributed by atoms with van der Waals surface area (Å²) in [5.74, 6) is -1.40. The zero-order chi connectivity index (χ0) is 18.9. The summed E-state index contributed by atoms with van der Waals surface area (Å²) in [5, 5.41) is 5.05. The number of carbonyl (C=O) groups is 3. The van der Waals surface area contributed by atoms with Crippen LogP contribution in [0.2, 0.25) is 0 Å². The molecule has 0 aliphatic heterocycles. The molecule has 7 heteroatoms. The molecule has 0 heterocycles. The highest BCUT2D eigenvalue weighted by molar-refractivity contribution is 5.80. The van der Waals surface area contributed by atoms with Crippen molar-refractivity contribution >= 4 is 18.0 Å². The minimum atomic E-state index is -0.682. The van der Waals surface area contributed by atoms with Crippen LogP contribution in [0.3, 0.4) is 0 Å². The Hall–Kier alpha value is -2.57. The van der Waals surface area contributed by atoms with E-state index in [9.17, 15) is 14.4 Å². The van der Waals surface area contributed by atoms with Gasteiger partial charge < -0.3 is 20.1 Å². The minimum Gasteiger partial charge on any atom is -0.465 e. The quantitative estimate of drug-likeness (QED) is 0.733. The predicted octanol–water partition coefficient (Wildman–Crippen LogP) is 1.97. The summed E-state index contributed by atoms with van der Waals surface area (Å²) in [6.45, 7) is 5.29. The number of amides is 2. The van der Waals surface area contributed by atoms with E-state index in [2.05, 4.69) is 10.6 Å². The van der Waals surface area contributed by atoms with Gasteiger partial charge in [-0.1, -0.05) is 30.3 Å². The predicted molar refractivity (Wildman–Crippen MR) is 93.1 cm³/mol. The van der Waals surface area contributed by atoms with Gasteiger partial charge >= 0.3 is 12.1 Å². The van der Waals surface area contributed by atoms with Crippen LogP contribution >= 0.6 is 0 Å². The van der Waals surface area contributed by atoms with Gasteiger partial charge in [-0.15, -0.1) is 0 Å². The molecular weight excluding hydrogens is 324 g/mol. The molecule has 25 heavy (non-hydrogen) atoms. The van der Waals surface area contributed by atoms with Gasteiger partial charge in [-0.3, -0.25) is 9.59 Å². The van der Waals surface area contributed by atoms with Crippen molar-refractivity contribution in [3.05, 3.63) is 35.9 Å². The number of nitrogens with one attached hydrogen (secondary N) is 2. The van der Waals surface area contributed by atoms with E-state index in [1.165, 1.54) is 7.05 Å². The van der Waals surface area contributed by atoms with Crippen molar-refractivity contribution in [1.82, 2.24) is 10.6 Å². The largest absolute Gasteiger partial charge is 0.465 e. The second-order valence-electron chi connectivity index (χ2n) is 6.44. The van der Waals surface area contributed by atoms with Crippen LogP contribution in [0.4, 0.5) is 4.79 Å². The van der Waals surface area contributed by atoms with Crippen molar-refractivity contribution in [1.29, 1.82) is 0 Å². The topological polar surface area (TPSA) is 93.7 Å². The number of carbonyl (C=O) groups excluding carboxylic acids is 3. The Balaban J connectivity index is 2.69. The van der Waals surface area contributed by atoms with Gasteiger partial charge in [0.1, 0.15) is 12.2 Å². The van der Waals surface area contributed by atoms with Gasteiger partial charge in [0.05, 0.1) is 12.3 Å². The van der Waals surface area contributed by atoms with Crippen LogP contribution in [-0.2, 0) is 19.1 Å². The summed E-state index contributed by atoms with van der Waals surface area (Å²) in [6, 6.07) is 8.99. The number of hydrogen-bond donors (Lipinski definition) is 2. The summed E-state index contributed by atoms with van der Waals surface area (Å²) in [4.78, 5) is 35.4. The monoisotopic (exact) mass is 350 g/mol. The first-order chi connectivity index (χ1) is 11.7. The molecule has 0 aliphatic rings. The van der Waals surface area contributed by atoms with Crippen LogP contribution in [0.15, 0.2) is 30.3 Å². The molecule has 0 bridgehead atoms. The maximum atomic E-state index is 12.4. The second-order valence-corrected chi connectivity index (χ2v) is 6.44. The standard InChI is InChI=1S/C18H26N2O5/c1-18(2,3)25-17(23)20-12-14(13-8-6-5-7-9-13)16(22)24-11-10-15(21)19-4/h5-9,14H,10-12H2,1-4H3,(H,19,21)(H,20,23). The average Bonchev–Trinajstić information content (AvgIpc) is 2.54. The molecule has 7 nitrogen and oxygen atoms in total. The SMILES string of the molecule is CNC(=O)CCOC(=O)C(CNC(=O)OC(C)(C)C)c1ccccc1. The molecule has 1 unspecified atom stereocenters. The number of esters is 1. The summed E-state index contributed by atoms with van der Waals surface area (Å²) >= 11 is 0. The molecular formula is C18H26N2O5. The maximum absolute atomic E-state index is 12.4. The van der Waals surface area contributed by atoms with E-state index in [4.69, 9.17) is 9.47 Å². The molecule has 1 aromatic rings. The Kier molecular flexibility index (Phi) is 7.91. The van der Waals surface area contributed by atoms with Crippen molar-refractivity contribution in [2.24, 2.45) is 0 Å². The van der Waals surface area contributed by atoms with Gasteiger partial charge in [-0.2, -0.15) is 0 Å². The lowest BCUT2D eigenvalue weighted by atomic mass is 9.99. The van der Waals surface area contributed by atoms with E-state index < -0.39 is 23.6 Å². The third-order valence-corrected chi connectivity index (χ3v) is 3.19. The Morgan fingerprint density at radius 2 is 1.76 bits per heavy atom. The van der Waals surface area contributed by atoms with E-state index in [0.29, 0.717) is 5.56 Å². The van der Waals surface area contributed by atoms with Crippen molar-refractivity contribution in [3.8, 4) is 0 Å². The van der Waals surface area contributed by atoms with Crippen LogP contribution in [-0.4, -0.2) is 43.8 Å². The molecule has 0 fully saturated rings. The van der Waals surface area contributed by atoms with E-state index in [1.807, 2.05) is 6.07 Å². The number of alkyl carbamates (subject to hydrolysis) is 1. The van der Waals surface area contributed by atoms with Gasteiger partial charge in [0.2, 0.25) is 5.91 Å². The maximum Gasteiger partial charge on any atom is 0.407 e. The van der Waals surface area contributed by atoms with Gasteiger partial charge in [-0.25, -0.2) is 4.79 Å². The van der Waals surface area contributed by atoms with E-state index >= 15 is 0 Å². The van der Waals surface area contributed by atoms with Gasteiger partial charge in [-0.05, 0) is 26.3 Å². The summed E-state index contributed by atoms with van der Waals surface area (Å²) in [6.07, 6.45) is -0.518. The van der Waals surface area contributed by atoms with E-state index in [1.54, 1.807) is 45.0 Å². The first-order valence-corrected chi connectivity index (χ1v) is 8.12. The molecule has 2 amide bonds. The van der Waals surface area contributed by atoms with E-state index in [0.717, 1.165) is 0 Å². The highest BCUT2D eigenvalue weighted by atomic mass is 16.6. The summed E-state index contributed by atoms with van der Waals surface area (Å²) in [7, 11) is 1.52. The molecule has 138 valence electrons. The van der Waals surface area contributed by atoms with Crippen LogP contribution in [0.1, 0.15) is 38.7 Å². The second kappa shape index (κ2) is 9.66. The summed E-state index contributed by atoms with van der Waals surface area (Å²) in [5.41, 5.74) is 0.0869. The molecule has 0 aromatic heterocycles. The lowest BCUT2D eigenvalue weighted by Crippen LogP contribution is -2.37. The molecule has 1 atom stereocenters. The smallest absolute Gasteiger partial charge is 0.407 e. The van der Waals surface area contributed by atoms with E-state index in [-0.39, 0.29) is 25.5 Å². The number of rotatable bonds is 7. The molecule has 0 radical (unpaired) electrons. The first-order valence-electron chi connectivity index (χ1n) is 8.12. The van der Waals surface area contributed by atoms with Crippen molar-refractivity contribution in [2.45, 2.75) is 38.7 Å². The normalized spacial score (nSPS) is 12.0. The van der Waals surface area contributed by atoms with Crippen LogP contribution < -0.4 is 10.6 Å². The molecule has 2 N–H and O–H groups in total. The van der Waals surface area contributed by atoms with Gasteiger partial charge in [0.25, 0.3) is 0 Å². The molecule has 1 rings (SSSR count). The van der Waals surface area contributed by atoms with Crippen molar-refractivity contribution < 1.29 is 23.9 Å². The minimum absolute atomic E-state index is 0.0196. The van der Waals surface area contributed by atoms with Crippen LogP contribution in [0.5, 0.6) is 0 Å². The van der Waals surface area contributed by atoms with Gasteiger partial charge in [0, 0.05) is 13.6 Å². The third-order valence-electron chi connectivity index (χ3n) is 3.19. The third kappa shape index (κ3) is 8.19. The fourth-order valence-electron chi connectivity index (χ4n) is 1.99. The lowest BCUT2D eigenvalue weighted by molar-refractivity contribution is -0.146. The zero-order valence-electron chi connectivity index (χ0n) is 15.1. The molecule has 1 aromatic carbocycles. The Morgan fingerprint density at radius 3 is 2.32 bits per heavy atom. The zero-order valence-corrected chi connectivity index (χ0v) is 15.1. The highest BCUT2D eigenvalue weighted by Crippen LogP contribution is 2.17.